The lowest BCUT2D eigenvalue weighted by molar-refractivity contribution is -0.290. The number of carbonyl (C=O) groups excluding carboxylic acids is 1. The summed E-state index contributed by atoms with van der Waals surface area (Å²) in [7, 11) is 4.05. The van der Waals surface area contributed by atoms with Crippen LogP contribution in [0.4, 0.5) is 8.78 Å². The third kappa shape index (κ3) is 15.1. The molecule has 2 saturated heterocycles. The molecular formula is C71H86F2N6O7. The van der Waals surface area contributed by atoms with E-state index in [2.05, 4.69) is 81.0 Å². The Hall–Kier alpha value is -6.88. The van der Waals surface area contributed by atoms with Gasteiger partial charge in [-0.05, 0) is 200 Å². The Morgan fingerprint density at radius 3 is 1.47 bits per heavy atom. The number of aromatic nitrogens is 4. The van der Waals surface area contributed by atoms with E-state index in [4.69, 9.17) is 33.9 Å². The van der Waals surface area contributed by atoms with Crippen LogP contribution in [0.25, 0.3) is 56.9 Å². The Bertz CT molecular complexity index is 3470. The van der Waals surface area contributed by atoms with Crippen molar-refractivity contribution in [1.29, 1.82) is 0 Å². The molecule has 15 heteroatoms. The molecule has 86 heavy (non-hydrogen) atoms. The van der Waals surface area contributed by atoms with Crippen LogP contribution in [0.2, 0.25) is 0 Å². The van der Waals surface area contributed by atoms with Crippen LogP contribution in [-0.2, 0) is 44.6 Å². The number of nitrogens with zero attached hydrogens (tertiary/aromatic N) is 5. The first kappa shape index (κ1) is 63.6. The summed E-state index contributed by atoms with van der Waals surface area (Å²) >= 11 is 0. The minimum absolute atomic E-state index is 0.0364. The highest BCUT2D eigenvalue weighted by Crippen LogP contribution is 2.45. The van der Waals surface area contributed by atoms with Crippen LogP contribution in [-0.4, -0.2) is 105 Å². The molecule has 4 atom stereocenters. The topological polar surface area (TPSA) is 158 Å². The minimum Gasteiger partial charge on any atom is -0.477 e. The number of ether oxygens (including phenoxy) is 4. The summed E-state index contributed by atoms with van der Waals surface area (Å²) in [6.07, 6.45) is 17.4. The Balaban J connectivity index is 0.000000207. The number of pyridine rings is 4. The average Bonchev–Trinajstić information content (AvgIpc) is 1.45. The van der Waals surface area contributed by atoms with Gasteiger partial charge in [0.1, 0.15) is 23.0 Å². The first-order chi connectivity index (χ1) is 41.0. The maximum Gasteiger partial charge on any atom is 0.354 e. The average molecular weight is 1170 g/mol. The van der Waals surface area contributed by atoms with E-state index in [0.29, 0.717) is 18.7 Å². The smallest absolute Gasteiger partial charge is 0.354 e. The highest BCUT2D eigenvalue weighted by Gasteiger charge is 2.36. The van der Waals surface area contributed by atoms with Gasteiger partial charge in [-0.15, -0.1) is 0 Å². The van der Waals surface area contributed by atoms with Crippen molar-refractivity contribution in [2.24, 2.45) is 0 Å². The second-order valence-corrected chi connectivity index (χ2v) is 25.0. The second-order valence-electron chi connectivity index (χ2n) is 25.0. The molecule has 456 valence electrons. The first-order valence-electron chi connectivity index (χ1n) is 30.9. The number of nitrogens with one attached hydrogen (secondary N) is 1. The predicted octanol–water partition coefficient (Wildman–Crippen LogP) is 15.2. The van der Waals surface area contributed by atoms with E-state index in [-0.39, 0.29) is 59.5 Å². The fourth-order valence-corrected chi connectivity index (χ4v) is 12.4. The zero-order valence-electron chi connectivity index (χ0n) is 52.3. The van der Waals surface area contributed by atoms with Gasteiger partial charge >= 0.3 is 5.97 Å². The summed E-state index contributed by atoms with van der Waals surface area (Å²) in [5.74, 6) is -2.88. The van der Waals surface area contributed by atoms with E-state index in [9.17, 15) is 23.5 Å². The lowest BCUT2D eigenvalue weighted by Crippen LogP contribution is -2.43. The number of hydrogen-bond acceptors (Lipinski definition) is 11. The lowest BCUT2D eigenvalue weighted by atomic mass is 9.86. The summed E-state index contributed by atoms with van der Waals surface area (Å²) in [5.41, 5.74) is 15.7. The first-order valence-corrected chi connectivity index (χ1v) is 30.9. The molecule has 6 aromatic rings. The number of rotatable bonds is 16. The van der Waals surface area contributed by atoms with Crippen molar-refractivity contribution in [3.8, 4) is 44.8 Å². The number of carbonyl (C=O) groups is 2. The van der Waals surface area contributed by atoms with Gasteiger partial charge in [-0.1, -0.05) is 90.1 Å². The molecule has 10 rings (SSSR count). The van der Waals surface area contributed by atoms with E-state index < -0.39 is 17.5 Å². The summed E-state index contributed by atoms with van der Waals surface area (Å²) in [6, 6.07) is 20.6. The molecule has 0 saturated carbocycles. The highest BCUT2D eigenvalue weighted by molar-refractivity contribution is 5.93. The molecule has 0 spiro atoms. The van der Waals surface area contributed by atoms with Crippen molar-refractivity contribution < 1.29 is 42.4 Å². The maximum atomic E-state index is 14.2. The molecule has 2 fully saturated rings. The summed E-state index contributed by atoms with van der Waals surface area (Å²) in [6.45, 7) is 22.1. The molecule has 0 bridgehead atoms. The van der Waals surface area contributed by atoms with Crippen LogP contribution < -0.4 is 5.32 Å². The van der Waals surface area contributed by atoms with Crippen LogP contribution in [0, 0.1) is 11.6 Å². The maximum absolute atomic E-state index is 14.2. The third-order valence-corrected chi connectivity index (χ3v) is 16.4. The van der Waals surface area contributed by atoms with E-state index in [1.807, 2.05) is 84.3 Å². The number of benzene rings is 2. The monoisotopic (exact) mass is 1170 g/mol. The molecule has 2 aliphatic heterocycles. The van der Waals surface area contributed by atoms with Gasteiger partial charge in [-0.25, -0.2) is 23.5 Å². The van der Waals surface area contributed by atoms with Crippen LogP contribution in [0.5, 0.6) is 0 Å². The van der Waals surface area contributed by atoms with Gasteiger partial charge < -0.3 is 34.3 Å². The van der Waals surface area contributed by atoms with Crippen LogP contribution in [0.1, 0.15) is 192 Å². The van der Waals surface area contributed by atoms with E-state index in [1.165, 1.54) is 24.3 Å². The fraction of sp³-hybridized carbons (Fsp3) is 0.465. The molecule has 4 aromatic heterocycles. The number of aryl methyl sites for hydroxylation is 2. The second kappa shape index (κ2) is 27.4. The number of fused-ring (bicyclic) bond motifs is 6. The van der Waals surface area contributed by atoms with E-state index in [1.54, 1.807) is 6.07 Å². The number of amides is 1. The van der Waals surface area contributed by atoms with E-state index in [0.717, 1.165) is 161 Å². The molecule has 2 N–H and O–H groups in total. The fourth-order valence-electron chi connectivity index (χ4n) is 12.4. The van der Waals surface area contributed by atoms with Crippen LogP contribution in [0.3, 0.4) is 0 Å². The Kier molecular flexibility index (Phi) is 20.3. The van der Waals surface area contributed by atoms with Crippen molar-refractivity contribution in [2.75, 3.05) is 27.2 Å². The zero-order valence-corrected chi connectivity index (χ0v) is 52.3. The molecule has 2 aromatic carbocycles. The lowest BCUT2D eigenvalue weighted by Gasteiger charge is -2.39. The number of halogens is 2. The minimum atomic E-state index is -1.04. The van der Waals surface area contributed by atoms with Crippen molar-refractivity contribution >= 4 is 24.0 Å². The summed E-state index contributed by atoms with van der Waals surface area (Å²) in [4.78, 5) is 46.6. The van der Waals surface area contributed by atoms with Gasteiger partial charge in [0.15, 0.2) is 11.6 Å². The quantitative estimate of drug-likeness (QED) is 0.0885. The molecule has 1 amide bonds. The number of carboxylic acids is 1. The van der Waals surface area contributed by atoms with Crippen molar-refractivity contribution in [3.05, 3.63) is 153 Å². The van der Waals surface area contributed by atoms with Gasteiger partial charge in [-0.3, -0.25) is 14.8 Å². The Labute approximate surface area is 507 Å². The van der Waals surface area contributed by atoms with Crippen molar-refractivity contribution in [2.45, 2.75) is 188 Å². The standard InChI is InChI=1S/C38H49FN4O3.C33H37FN2O4/c1-8-27-23-28(46-38(4,5)45-27)17-18-31-34(25-13-15-26(39)16-14-25)30-11-9-12-32-29(36(30)42-35(31)24(2)3)19-20-33(41-32)37(44)40-21-10-22-43(6)7;1-6-22-18-23(40-33(4,5)39-22)14-15-26-29(20-10-12-21(34)13-11-20)25-8-7-9-27-24(16-17-28(35-27)32(37)38)31(25)36-30(26)19(2)3/h13-20,24,27-28H,8-12,21-23H2,1-7H3,(H,40,44);10-17,19,22-23H,6-9,18H2,1-5H3,(H,37,38)/b18-17+;15-14+/t27-,28+;22-,23+/m00/s1. The number of aromatic carboxylic acids is 1. The highest BCUT2D eigenvalue weighted by atomic mass is 19.1. The van der Waals surface area contributed by atoms with Gasteiger partial charge in [-0.2, -0.15) is 0 Å². The van der Waals surface area contributed by atoms with Gasteiger partial charge in [0, 0.05) is 41.6 Å². The summed E-state index contributed by atoms with van der Waals surface area (Å²) < 4.78 is 53.0. The number of hydrogen-bond donors (Lipinski definition) is 2. The van der Waals surface area contributed by atoms with Crippen LogP contribution >= 0.6 is 0 Å². The number of carboxylic acid groups (broad SMARTS) is 1. The van der Waals surface area contributed by atoms with Crippen LogP contribution in [0.15, 0.2) is 84.9 Å². The Morgan fingerprint density at radius 2 is 1.06 bits per heavy atom. The zero-order chi connectivity index (χ0) is 61.6. The SMILES string of the molecule is CC[C@H]1C[C@@H](/C=C/c2c(C(C)C)nc3c(c2-c2ccc(F)cc2)CCCc2nc(C(=O)NCCCN(C)C)ccc2-3)OC(C)(C)O1.CC[C@H]1C[C@@H](/C=C/c2c(C(C)C)nc3c(c2-c2ccc(F)cc2)CCCc2nc(C(=O)O)ccc2-3)OC(C)(C)O1. The summed E-state index contributed by atoms with van der Waals surface area (Å²) in [5, 5.41) is 12.5. The molecule has 13 nitrogen and oxygen atoms in total. The molecule has 0 radical (unpaired) electrons. The molecule has 4 aliphatic rings. The molecule has 6 heterocycles. The van der Waals surface area contributed by atoms with Crippen molar-refractivity contribution in [3.63, 3.8) is 0 Å². The predicted molar refractivity (Wildman–Crippen MR) is 336 cm³/mol. The van der Waals surface area contributed by atoms with Crippen molar-refractivity contribution in [1.82, 2.24) is 30.2 Å². The third-order valence-electron chi connectivity index (χ3n) is 16.4. The normalized spacial score (nSPS) is 19.7. The van der Waals surface area contributed by atoms with Gasteiger partial charge in [0.2, 0.25) is 0 Å². The van der Waals surface area contributed by atoms with E-state index >= 15 is 0 Å². The largest absolute Gasteiger partial charge is 0.477 e. The Morgan fingerprint density at radius 1 is 0.628 bits per heavy atom. The molecule has 2 aliphatic carbocycles. The molecular weight excluding hydrogens is 1090 g/mol. The van der Waals surface area contributed by atoms with Gasteiger partial charge in [0.25, 0.3) is 5.91 Å². The van der Waals surface area contributed by atoms with Gasteiger partial charge in [0.05, 0.1) is 58.6 Å². The molecule has 0 unspecified atom stereocenters.